The van der Waals surface area contributed by atoms with E-state index in [-0.39, 0.29) is 35.6 Å². The summed E-state index contributed by atoms with van der Waals surface area (Å²) in [6, 6.07) is 0. The van der Waals surface area contributed by atoms with Gasteiger partial charge in [0.1, 0.15) is 0 Å². The molecule has 0 rings (SSSR count). The predicted octanol–water partition coefficient (Wildman–Crippen LogP) is 7.18. The molecule has 0 saturated heterocycles. The van der Waals surface area contributed by atoms with Gasteiger partial charge < -0.3 is 0 Å². The Hall–Kier alpha value is 1.54. The van der Waals surface area contributed by atoms with Crippen molar-refractivity contribution in [1.82, 2.24) is 0 Å². The second kappa shape index (κ2) is 22.8. The Morgan fingerprint density at radius 2 is 0.700 bits per heavy atom. The second-order valence-corrected chi connectivity index (χ2v) is 6.47. The molecule has 0 aromatic heterocycles. The van der Waals surface area contributed by atoms with Gasteiger partial charge in [-0.05, 0) is 12.2 Å². The second-order valence-electron chi connectivity index (χ2n) is 6.03. The molecule has 0 bridgehead atoms. The van der Waals surface area contributed by atoms with Gasteiger partial charge in [0, 0.05) is 35.6 Å². The van der Waals surface area contributed by atoms with Gasteiger partial charge in [-0.25, -0.2) is 0 Å². The predicted molar refractivity (Wildman–Crippen MR) is 93.4 cm³/mol. The summed E-state index contributed by atoms with van der Waals surface area (Å²) in [5.74, 6) is 1.07. The van der Waals surface area contributed by atoms with E-state index >= 15 is 0 Å². The third-order valence-electron chi connectivity index (χ3n) is 4.01. The maximum atomic E-state index is 4.24. The first-order valence-corrected chi connectivity index (χ1v) is 9.66. The molecule has 0 saturated carbocycles. The van der Waals surface area contributed by atoms with Crippen molar-refractivity contribution in [3.05, 3.63) is 0 Å². The molecule has 0 aliphatic rings. The normalized spacial score (nSPS) is 10.5. The molecule has 0 amide bonds. The van der Waals surface area contributed by atoms with Gasteiger partial charge in [-0.2, -0.15) is 12.6 Å². The van der Waals surface area contributed by atoms with Gasteiger partial charge in [0.15, 0.2) is 0 Å². The largest absolute Gasteiger partial charge is 0.179 e. The van der Waals surface area contributed by atoms with Crippen LogP contribution < -0.4 is 0 Å². The van der Waals surface area contributed by atoms with Gasteiger partial charge in [-0.1, -0.05) is 103 Å². The van der Waals surface area contributed by atoms with Crippen LogP contribution >= 0.6 is 12.6 Å². The molecule has 0 aliphatic carbocycles. The summed E-state index contributed by atoms with van der Waals surface area (Å²) in [6.45, 7) is 2.29. The minimum Gasteiger partial charge on any atom is -0.179 e. The number of thiol groups is 1. The van der Waals surface area contributed by atoms with E-state index in [2.05, 4.69) is 19.6 Å². The quantitative estimate of drug-likeness (QED) is 0.197. The fraction of sp³-hybridized carbons (Fsp3) is 1.00. The summed E-state index contributed by atoms with van der Waals surface area (Å²) >= 11 is 4.24. The third-order valence-corrected chi connectivity index (χ3v) is 4.33. The summed E-state index contributed by atoms with van der Waals surface area (Å²) in [7, 11) is 0. The molecule has 0 aromatic carbocycles. The van der Waals surface area contributed by atoms with Crippen LogP contribution in [0.3, 0.4) is 0 Å². The number of hydrogen-bond acceptors (Lipinski definition) is 1. The van der Waals surface area contributed by atoms with Crippen molar-refractivity contribution in [2.75, 3.05) is 5.75 Å². The Kier molecular flexibility index (Phi) is 27.2. The molecule has 1 radical (unpaired) electrons. The Bertz CT molecular complexity index is 134. The van der Waals surface area contributed by atoms with E-state index in [1.807, 2.05) is 0 Å². The Morgan fingerprint density at radius 1 is 0.450 bits per heavy atom. The van der Waals surface area contributed by atoms with E-state index in [1.165, 1.54) is 103 Å². The SMILES string of the molecule is CCCCCCCCCCCCCCCCCCS.[La]. The first-order chi connectivity index (χ1) is 9.41. The molecule has 119 valence electrons. The van der Waals surface area contributed by atoms with Crippen molar-refractivity contribution in [1.29, 1.82) is 0 Å². The van der Waals surface area contributed by atoms with Gasteiger partial charge >= 0.3 is 0 Å². The minimum atomic E-state index is 0. The molecular weight excluding hydrogens is 387 g/mol. The monoisotopic (exact) mass is 425 g/mol. The van der Waals surface area contributed by atoms with Crippen molar-refractivity contribution in [2.24, 2.45) is 0 Å². The summed E-state index contributed by atoms with van der Waals surface area (Å²) in [4.78, 5) is 0. The van der Waals surface area contributed by atoms with Gasteiger partial charge in [0.05, 0.1) is 0 Å². The zero-order valence-corrected chi connectivity index (χ0v) is 18.6. The van der Waals surface area contributed by atoms with Crippen molar-refractivity contribution >= 4 is 12.6 Å². The maximum Gasteiger partial charge on any atom is 0 e. The molecule has 0 aromatic rings. The smallest absolute Gasteiger partial charge is 0 e. The van der Waals surface area contributed by atoms with Crippen LogP contribution in [0, 0.1) is 35.6 Å². The molecule has 20 heavy (non-hydrogen) atoms. The first-order valence-electron chi connectivity index (χ1n) is 9.02. The van der Waals surface area contributed by atoms with Gasteiger partial charge in [0.2, 0.25) is 0 Å². The third kappa shape index (κ3) is 21.8. The van der Waals surface area contributed by atoms with E-state index in [4.69, 9.17) is 0 Å². The van der Waals surface area contributed by atoms with E-state index < -0.39 is 0 Å². The standard InChI is InChI=1S/C18H38S.La/c1-2-3-4-5-6-7-8-9-10-11-12-13-14-15-16-17-18-19;/h19H,2-18H2,1H3;. The van der Waals surface area contributed by atoms with Gasteiger partial charge in [0.25, 0.3) is 0 Å². The molecule has 0 atom stereocenters. The zero-order chi connectivity index (χ0) is 14.0. The van der Waals surface area contributed by atoms with Crippen LogP contribution in [0.15, 0.2) is 0 Å². The molecule has 0 aliphatic heterocycles. The Labute approximate surface area is 162 Å². The van der Waals surface area contributed by atoms with Crippen LogP contribution in [0.2, 0.25) is 0 Å². The summed E-state index contributed by atoms with van der Waals surface area (Å²) in [6.07, 6.45) is 23.1. The minimum absolute atomic E-state index is 0. The average molecular weight is 425 g/mol. The van der Waals surface area contributed by atoms with Crippen LogP contribution in [0.5, 0.6) is 0 Å². The number of rotatable bonds is 16. The van der Waals surface area contributed by atoms with Crippen molar-refractivity contribution in [2.45, 2.75) is 110 Å². The van der Waals surface area contributed by atoms with Crippen LogP contribution in [0.4, 0.5) is 0 Å². The zero-order valence-electron chi connectivity index (χ0n) is 14.0. The fourth-order valence-corrected chi connectivity index (χ4v) is 2.88. The van der Waals surface area contributed by atoms with Crippen LogP contribution in [-0.2, 0) is 0 Å². The van der Waals surface area contributed by atoms with Crippen molar-refractivity contribution < 1.29 is 35.6 Å². The molecule has 0 N–H and O–H groups in total. The molecule has 0 heterocycles. The maximum absolute atomic E-state index is 4.24. The van der Waals surface area contributed by atoms with Crippen LogP contribution in [0.1, 0.15) is 110 Å². The van der Waals surface area contributed by atoms with Gasteiger partial charge in [-0.15, -0.1) is 0 Å². The fourth-order valence-electron chi connectivity index (χ4n) is 2.66. The van der Waals surface area contributed by atoms with Crippen LogP contribution in [0.25, 0.3) is 0 Å². The number of hydrogen-bond donors (Lipinski definition) is 1. The molecule has 0 spiro atoms. The average Bonchev–Trinajstić information content (AvgIpc) is 2.43. The first kappa shape index (κ1) is 23.8. The molecular formula is C18H38LaS. The van der Waals surface area contributed by atoms with E-state index in [1.54, 1.807) is 0 Å². The van der Waals surface area contributed by atoms with Gasteiger partial charge in [-0.3, -0.25) is 0 Å². The van der Waals surface area contributed by atoms with E-state index in [0.717, 1.165) is 5.75 Å². The molecule has 0 unspecified atom stereocenters. The van der Waals surface area contributed by atoms with E-state index in [9.17, 15) is 0 Å². The van der Waals surface area contributed by atoms with Crippen LogP contribution in [-0.4, -0.2) is 5.75 Å². The topological polar surface area (TPSA) is 0 Å². The van der Waals surface area contributed by atoms with E-state index in [0.29, 0.717) is 0 Å². The van der Waals surface area contributed by atoms with Crippen molar-refractivity contribution in [3.8, 4) is 0 Å². The summed E-state index contributed by atoms with van der Waals surface area (Å²) in [5.41, 5.74) is 0. The summed E-state index contributed by atoms with van der Waals surface area (Å²) in [5, 5.41) is 0. The number of unbranched alkanes of at least 4 members (excludes halogenated alkanes) is 15. The van der Waals surface area contributed by atoms with Crippen molar-refractivity contribution in [3.63, 3.8) is 0 Å². The molecule has 0 nitrogen and oxygen atoms in total. The Morgan fingerprint density at radius 3 is 0.950 bits per heavy atom. The molecule has 0 fully saturated rings. The summed E-state index contributed by atoms with van der Waals surface area (Å²) < 4.78 is 0. The molecule has 2 heteroatoms. The Balaban J connectivity index is 0.